The average Bonchev–Trinajstić information content (AvgIpc) is 1.45. The number of benzene rings is 13. The van der Waals surface area contributed by atoms with Crippen LogP contribution in [0.3, 0.4) is 0 Å². The van der Waals surface area contributed by atoms with Gasteiger partial charge in [-0.05, 0) is 88.6 Å². The summed E-state index contributed by atoms with van der Waals surface area (Å²) in [7, 11) is 0. The van der Waals surface area contributed by atoms with Crippen molar-refractivity contribution in [3.63, 3.8) is 0 Å². The van der Waals surface area contributed by atoms with E-state index in [1.54, 1.807) is 0 Å². The molecule has 4 aliphatic heterocycles. The van der Waals surface area contributed by atoms with Crippen LogP contribution in [-0.2, 0) is 0 Å². The van der Waals surface area contributed by atoms with Gasteiger partial charge in [-0.2, -0.15) is 0 Å². The first-order valence-corrected chi connectivity index (χ1v) is 30.2. The molecule has 0 fully saturated rings. The zero-order chi connectivity index (χ0) is 55.1. The lowest BCUT2D eigenvalue weighted by molar-refractivity contribution is 1.13. The first-order chi connectivity index (χ1) is 42.8. The molecule has 4 aliphatic rings. The maximum absolute atomic E-state index is 2.77. The van der Waals surface area contributed by atoms with Crippen LogP contribution in [0.25, 0.3) is 176 Å². The molecule has 6 aromatic heterocycles. The van der Waals surface area contributed by atoms with Crippen molar-refractivity contribution >= 4 is 166 Å². The molecule has 13 aromatic carbocycles. The van der Waals surface area contributed by atoms with Crippen LogP contribution in [0, 0.1) is 0 Å². The zero-order valence-electron chi connectivity index (χ0n) is 46.1. The lowest BCUT2D eigenvalue weighted by atomic mass is 9.41. The largest absolute Gasteiger partial charge is 0.375 e. The summed E-state index contributed by atoms with van der Waals surface area (Å²) in [4.78, 5) is 0. The molecule has 0 bridgehead atoms. The minimum Gasteiger partial charge on any atom is -0.375 e. The van der Waals surface area contributed by atoms with Gasteiger partial charge in [0.05, 0.1) is 44.1 Å². The Morgan fingerprint density at radius 2 is 0.558 bits per heavy atom. The molecule has 0 spiro atoms. The van der Waals surface area contributed by atoms with Gasteiger partial charge in [0.15, 0.2) is 0 Å². The Labute approximate surface area is 490 Å². The summed E-state index contributed by atoms with van der Waals surface area (Å²) >= 11 is 0. The lowest BCUT2D eigenvalue weighted by Gasteiger charge is -2.38. The molecule has 0 saturated heterocycles. The van der Waals surface area contributed by atoms with Crippen LogP contribution in [0.1, 0.15) is 0 Å². The van der Waals surface area contributed by atoms with Crippen LogP contribution >= 0.6 is 0 Å². The molecule has 0 amide bonds. The summed E-state index contributed by atoms with van der Waals surface area (Å²) in [5.41, 5.74) is 30.4. The predicted octanol–water partition coefficient (Wildman–Crippen LogP) is 16.2. The van der Waals surface area contributed by atoms with Crippen LogP contribution < -0.4 is 21.9 Å². The van der Waals surface area contributed by atoms with Gasteiger partial charge in [-0.15, -0.1) is 0 Å². The Hall–Kier alpha value is -11.2. The van der Waals surface area contributed by atoms with Gasteiger partial charge >= 0.3 is 13.7 Å². The van der Waals surface area contributed by atoms with Gasteiger partial charge in [0, 0.05) is 132 Å². The van der Waals surface area contributed by atoms with Crippen molar-refractivity contribution < 1.29 is 0 Å². The second-order valence-corrected chi connectivity index (χ2v) is 24.5. The highest BCUT2D eigenvalue weighted by Crippen LogP contribution is 2.54. The molecule has 0 radical (unpaired) electrons. The number of hydrogen-bond donors (Lipinski definition) is 0. The van der Waals surface area contributed by atoms with Crippen LogP contribution in [-0.4, -0.2) is 40.9 Å². The third-order valence-corrected chi connectivity index (χ3v) is 20.9. The van der Waals surface area contributed by atoms with E-state index in [1.807, 2.05) is 0 Å². The molecule has 0 aliphatic carbocycles. The molecule has 0 saturated carbocycles. The van der Waals surface area contributed by atoms with Crippen molar-refractivity contribution in [3.05, 3.63) is 255 Å². The van der Waals surface area contributed by atoms with Crippen LogP contribution in [0.15, 0.2) is 255 Å². The van der Waals surface area contributed by atoms with Crippen LogP contribution in [0.5, 0.6) is 0 Å². The summed E-state index contributed by atoms with van der Waals surface area (Å²) < 4.78 is 16.1. The summed E-state index contributed by atoms with van der Waals surface area (Å²) in [6.45, 7) is -0.396. The topological polar surface area (TPSA) is 29.6 Å². The van der Waals surface area contributed by atoms with Gasteiger partial charge in [-0.3, -0.25) is 0 Å². The number of rotatable bonds is 2. The number of para-hydroxylation sites is 10. The Morgan fingerprint density at radius 3 is 0.965 bits per heavy atom. The minimum absolute atomic E-state index is 0.198. The molecular formula is C78H42B2N6. The van der Waals surface area contributed by atoms with Crippen molar-refractivity contribution in [1.29, 1.82) is 0 Å². The van der Waals surface area contributed by atoms with Gasteiger partial charge in [-0.25, -0.2) is 0 Å². The number of nitrogens with zero attached hydrogens (tertiary/aromatic N) is 6. The second kappa shape index (κ2) is 14.8. The van der Waals surface area contributed by atoms with Gasteiger partial charge in [0.2, 0.25) is 0 Å². The van der Waals surface area contributed by atoms with E-state index in [0.29, 0.717) is 0 Å². The van der Waals surface area contributed by atoms with Gasteiger partial charge in [0.25, 0.3) is 0 Å². The number of aromatic nitrogens is 6. The second-order valence-electron chi connectivity index (χ2n) is 24.5. The highest BCUT2D eigenvalue weighted by Gasteiger charge is 2.49. The monoisotopic (exact) mass is 1080 g/mol. The summed E-state index contributed by atoms with van der Waals surface area (Å²) in [5, 5.41) is 15.4. The van der Waals surface area contributed by atoms with Crippen molar-refractivity contribution in [2.24, 2.45) is 0 Å². The maximum atomic E-state index is 2.77. The molecule has 8 heteroatoms. The number of hydrogen-bond acceptors (Lipinski definition) is 0. The fourth-order valence-corrected chi connectivity index (χ4v) is 18.0. The van der Waals surface area contributed by atoms with Crippen LogP contribution in [0.4, 0.5) is 0 Å². The number of fused-ring (bicyclic) bond motifs is 32. The smallest absolute Gasteiger partial charge is 0.333 e. The SMILES string of the molecule is c1ccc(-n2c3ccccc3c3c4c5ccccc5n5c4c4c(c32)-c2cccc3c6ccccc6n(c23)B4c2cc3c(cc2-5)-n2c4ccccc4c4c5c6ccccc6n(-c6ccccc6)c5c5c(c42)B3n2c3ccccc3c3cccc-5c32)cc1. The third kappa shape index (κ3) is 4.69. The molecule has 19 aromatic rings. The van der Waals surface area contributed by atoms with E-state index in [1.165, 1.54) is 186 Å². The van der Waals surface area contributed by atoms with E-state index in [0.717, 1.165) is 11.4 Å². The van der Waals surface area contributed by atoms with E-state index in [2.05, 4.69) is 282 Å². The predicted molar refractivity (Wildman–Crippen MR) is 362 cm³/mol. The first kappa shape index (κ1) is 43.5. The highest BCUT2D eigenvalue weighted by molar-refractivity contribution is 6.94. The summed E-state index contributed by atoms with van der Waals surface area (Å²) in [5.74, 6) is 0. The van der Waals surface area contributed by atoms with E-state index < -0.39 is 0 Å². The Kier molecular flexibility index (Phi) is 7.46. The Balaban J connectivity index is 0.978. The van der Waals surface area contributed by atoms with Crippen molar-refractivity contribution in [1.82, 2.24) is 27.2 Å². The van der Waals surface area contributed by atoms with Gasteiger partial charge in [-0.1, -0.05) is 188 Å². The summed E-state index contributed by atoms with van der Waals surface area (Å²) in [6, 6.07) is 97.1. The Bertz CT molecular complexity index is 6070. The average molecular weight is 1080 g/mol. The van der Waals surface area contributed by atoms with E-state index in [4.69, 9.17) is 0 Å². The fourth-order valence-electron chi connectivity index (χ4n) is 18.0. The van der Waals surface area contributed by atoms with E-state index >= 15 is 0 Å². The Morgan fingerprint density at radius 1 is 0.233 bits per heavy atom. The third-order valence-electron chi connectivity index (χ3n) is 20.9. The van der Waals surface area contributed by atoms with Crippen molar-refractivity contribution in [2.75, 3.05) is 0 Å². The first-order valence-electron chi connectivity index (χ1n) is 30.2. The van der Waals surface area contributed by atoms with Gasteiger partial charge in [0.1, 0.15) is 0 Å². The molecule has 390 valence electrons. The molecule has 0 N–H and O–H groups in total. The van der Waals surface area contributed by atoms with Gasteiger partial charge < -0.3 is 27.2 Å². The fraction of sp³-hybridized carbons (Fsp3) is 0. The molecule has 6 nitrogen and oxygen atoms in total. The standard InChI is InChI=1S/C78H42B2N6/c1-3-21-43(22-4-1)81-57-35-13-9-27-49(57)65-67-51-29-11-15-37-59(51)83-63-42-64-56(41-55(63)79-71(77(67)83)69(75(65)81)53-33-19-31-47-45-25-7-17-39-61(45)85(79)73(47)53)80-72-70(54-34-20-32-48-46-26-8-18-40-62(46)86(80)74(48)54)76-66(68-52-30-12-16-38-60(52)84(64)78(68)72)50-28-10-14-36-58(50)82(76)44-23-5-2-6-24-44/h1-42H. The van der Waals surface area contributed by atoms with Crippen molar-refractivity contribution in [3.8, 4) is 45.0 Å². The van der Waals surface area contributed by atoms with E-state index in [9.17, 15) is 0 Å². The molecule has 0 unspecified atom stereocenters. The minimum atomic E-state index is -0.198. The molecule has 23 rings (SSSR count). The van der Waals surface area contributed by atoms with E-state index in [-0.39, 0.29) is 13.7 Å². The van der Waals surface area contributed by atoms with Crippen LogP contribution in [0.2, 0.25) is 0 Å². The lowest BCUT2D eigenvalue weighted by Crippen LogP contribution is -2.60. The molecule has 10 heterocycles. The molecular weight excluding hydrogens is 1040 g/mol. The highest BCUT2D eigenvalue weighted by atomic mass is 15.1. The normalized spacial score (nSPS) is 13.5. The summed E-state index contributed by atoms with van der Waals surface area (Å²) in [6.07, 6.45) is 0. The molecule has 0 atom stereocenters. The van der Waals surface area contributed by atoms with Crippen molar-refractivity contribution in [2.45, 2.75) is 0 Å². The maximum Gasteiger partial charge on any atom is 0.333 e. The quantitative estimate of drug-likeness (QED) is 0.154. The molecule has 86 heavy (non-hydrogen) atoms. The zero-order valence-corrected chi connectivity index (χ0v) is 46.1.